The number of rotatable bonds is 18. The average Bonchev–Trinajstić information content (AvgIpc) is 1.60. The lowest BCUT2D eigenvalue weighted by molar-refractivity contribution is 0.152. The second-order valence-corrected chi connectivity index (χ2v) is 46.2. The standard InChI is InChI=1S/C20H25N3.C19H25BrN2.C19H25ClN2.C19H25FN2.C19H25IN2.C19H27N3/c1-13(2)15-10-11-18(20(15,5)14(3)4)23-17-9-7-6-8-16(17)22-19(23)12-21;5*1-12(2)14-10-11-17(19(14,5)13(3)4)22-16-9-7-6-8-15(16)21-18(22)20/h6-9,11,13-15H,10H2,1-5H3;4*6-9,11-14H,10H2,1-5H3;6-9,11-14H,10H2,1-5H3,(H2,20,21)/t15?,20-;5*14?,19-/m000000/s1. The van der Waals surface area contributed by atoms with Gasteiger partial charge in [0.2, 0.25) is 17.1 Å². The molecule has 6 aliphatic rings. The zero-order valence-corrected chi connectivity index (χ0v) is 89.9. The van der Waals surface area contributed by atoms with Gasteiger partial charge >= 0.3 is 0 Å². The van der Waals surface area contributed by atoms with Gasteiger partial charge in [-0.3, -0.25) is 27.4 Å². The lowest BCUT2D eigenvalue weighted by Crippen LogP contribution is -2.35. The zero-order chi connectivity index (χ0) is 97.1. The van der Waals surface area contributed by atoms with Crippen LogP contribution < -0.4 is 5.73 Å². The molecule has 6 aromatic heterocycles. The lowest BCUT2D eigenvalue weighted by Gasteiger charge is -2.41. The van der Waals surface area contributed by atoms with Crippen LogP contribution in [-0.4, -0.2) is 57.3 Å². The zero-order valence-electron chi connectivity index (χ0n) is 85.4. The molecule has 0 saturated heterocycles. The van der Waals surface area contributed by atoms with Gasteiger partial charge in [0, 0.05) is 89.3 Å². The lowest BCUT2D eigenvalue weighted by atomic mass is 9.66. The molecule has 0 saturated carbocycles. The third-order valence-electron chi connectivity index (χ3n) is 34.1. The summed E-state index contributed by atoms with van der Waals surface area (Å²) in [5, 5.41) is 10.2. The fraction of sp³-hybridized carbons (Fsp3) is 0.522. The van der Waals surface area contributed by atoms with Crippen LogP contribution in [0.1, 0.15) is 252 Å². The van der Waals surface area contributed by atoms with E-state index in [-0.39, 0.29) is 32.5 Å². The number of nitriles is 1. The first-order chi connectivity index (χ1) is 62.8. The number of para-hydroxylation sites is 12. The fourth-order valence-corrected chi connectivity index (χ4v) is 26.7. The molecular formula is C115H152BrClFIN14. The summed E-state index contributed by atoms with van der Waals surface area (Å²) in [5.74, 6) is 11.9. The van der Waals surface area contributed by atoms with Crippen LogP contribution >= 0.6 is 50.1 Å². The van der Waals surface area contributed by atoms with E-state index in [1.165, 1.54) is 45.9 Å². The molecule has 18 rings (SSSR count). The molecule has 12 aromatic rings. The van der Waals surface area contributed by atoms with Gasteiger partial charge in [-0.05, 0) is 245 Å². The Labute approximate surface area is 821 Å². The fourth-order valence-electron chi connectivity index (χ4n) is 25.0. The Bertz CT molecular complexity index is 5700. The minimum Gasteiger partial charge on any atom is -0.369 e. The summed E-state index contributed by atoms with van der Waals surface area (Å²) in [6, 6.07) is 51.3. The van der Waals surface area contributed by atoms with E-state index in [1.807, 2.05) is 72.8 Å². The molecule has 0 spiro atoms. The van der Waals surface area contributed by atoms with Gasteiger partial charge in [-0.1, -0.05) is 317 Å². The summed E-state index contributed by atoms with van der Waals surface area (Å²) in [6.07, 6.45) is 20.4. The number of imidazole rings is 6. The van der Waals surface area contributed by atoms with Crippen molar-refractivity contribution in [1.29, 1.82) is 5.26 Å². The minimum atomic E-state index is -0.399. The third-order valence-corrected chi connectivity index (χ3v) is 35.6. The summed E-state index contributed by atoms with van der Waals surface area (Å²) in [4.78, 5) is 27.2. The Kier molecular flexibility index (Phi) is 30.7. The van der Waals surface area contributed by atoms with Gasteiger partial charge in [0.25, 0.3) is 6.08 Å². The van der Waals surface area contributed by atoms with Gasteiger partial charge in [-0.15, -0.1) is 0 Å². The number of nitrogen functional groups attached to an aromatic ring is 1. The van der Waals surface area contributed by atoms with Crippen molar-refractivity contribution in [3.05, 3.63) is 208 Å². The summed E-state index contributed by atoms with van der Waals surface area (Å²) < 4.78 is 29.5. The number of nitrogens with two attached hydrogens (primary N) is 1. The summed E-state index contributed by atoms with van der Waals surface area (Å²) in [7, 11) is 0. The largest absolute Gasteiger partial charge is 0.369 e. The first kappa shape index (κ1) is 102. The van der Waals surface area contributed by atoms with Gasteiger partial charge in [-0.25, -0.2) is 29.9 Å². The predicted molar refractivity (Wildman–Crippen MR) is 574 cm³/mol. The average molecular weight is 1990 g/mol. The van der Waals surface area contributed by atoms with E-state index >= 15 is 0 Å². The van der Waals surface area contributed by atoms with E-state index < -0.39 is 6.08 Å². The molecule has 0 amide bonds. The Hall–Kier alpha value is -8.70. The first-order valence-corrected chi connectivity index (χ1v) is 51.9. The normalized spacial score (nSPS) is 25.3. The number of nitrogens with zero attached hydrogens (tertiary/aromatic N) is 13. The van der Waals surface area contributed by atoms with Crippen molar-refractivity contribution in [2.75, 3.05) is 5.73 Å². The Balaban J connectivity index is 0.000000136. The van der Waals surface area contributed by atoms with Crippen molar-refractivity contribution < 1.29 is 4.39 Å². The number of halogens is 4. The van der Waals surface area contributed by atoms with E-state index in [1.54, 1.807) is 4.57 Å². The van der Waals surface area contributed by atoms with Crippen LogP contribution in [0.3, 0.4) is 0 Å². The monoisotopic (exact) mass is 1990 g/mol. The topological polar surface area (TPSA) is 157 Å². The molecule has 12 atom stereocenters. The summed E-state index contributed by atoms with van der Waals surface area (Å²) in [5.41, 5.74) is 26.9. The summed E-state index contributed by atoms with van der Waals surface area (Å²) >= 11 is 12.6. The van der Waals surface area contributed by atoms with Crippen LogP contribution in [-0.2, 0) is 0 Å². The Morgan fingerprint density at radius 3 is 0.895 bits per heavy atom. The first-order valence-electron chi connectivity index (χ1n) is 49.6. The molecule has 14 nitrogen and oxygen atoms in total. The van der Waals surface area contributed by atoms with Crippen LogP contribution in [0.4, 0.5) is 10.3 Å². The molecule has 0 fully saturated rings. The van der Waals surface area contributed by atoms with Crippen LogP contribution in [0, 0.1) is 160 Å². The highest BCUT2D eigenvalue weighted by Crippen LogP contribution is 2.62. The molecule has 6 heterocycles. The van der Waals surface area contributed by atoms with Gasteiger partial charge in [0.15, 0.2) is 8.56 Å². The van der Waals surface area contributed by atoms with Gasteiger partial charge in [0.05, 0.1) is 66.2 Å². The highest BCUT2D eigenvalue weighted by atomic mass is 127. The number of benzene rings is 6. The number of hydrogen-bond acceptors (Lipinski definition) is 8. The number of hydrogen-bond donors (Lipinski definition) is 1. The molecule has 2 N–H and O–H groups in total. The molecule has 710 valence electrons. The molecule has 6 aromatic carbocycles. The molecule has 133 heavy (non-hydrogen) atoms. The van der Waals surface area contributed by atoms with Crippen LogP contribution in [0.5, 0.6) is 0 Å². The predicted octanol–water partition coefficient (Wildman–Crippen LogP) is 32.9. The van der Waals surface area contributed by atoms with Crippen molar-refractivity contribution >= 4 is 156 Å². The van der Waals surface area contributed by atoms with Crippen LogP contribution in [0.15, 0.2) is 187 Å². The summed E-state index contributed by atoms with van der Waals surface area (Å²) in [6.45, 7) is 70.0. The molecule has 0 aliphatic heterocycles. The number of allylic oxidation sites excluding steroid dienone is 12. The SMILES string of the molecule is CC(C)C1CC=C(n2c(Br)nc3ccccc32)[C@@]1(C)C(C)C.CC(C)C1CC=C(n2c(C#N)nc3ccccc32)[C@@]1(C)C(C)C.CC(C)C1CC=C(n2c(Cl)nc3ccccc32)[C@@]1(C)C(C)C.CC(C)C1CC=C(n2c(F)nc3ccccc32)[C@@]1(C)C(C)C.CC(C)C1CC=C(n2c(I)nc3ccccc32)[C@@]1(C)C(C)C.CC(C)C1CC=C(n2c(N)nc3ccccc32)[C@@]1(C)C(C)C. The molecule has 6 unspecified atom stereocenters. The molecule has 18 heteroatoms. The third kappa shape index (κ3) is 18.0. The maximum atomic E-state index is 14.6. The van der Waals surface area contributed by atoms with Crippen molar-refractivity contribution in [3.63, 3.8) is 0 Å². The van der Waals surface area contributed by atoms with Crippen molar-refractivity contribution in [3.8, 4) is 6.07 Å². The molecule has 0 bridgehead atoms. The van der Waals surface area contributed by atoms with Gasteiger partial charge in [-0.2, -0.15) is 9.65 Å². The van der Waals surface area contributed by atoms with E-state index in [9.17, 15) is 9.65 Å². The second-order valence-electron chi connectivity index (χ2n) is 44.2. The maximum Gasteiger partial charge on any atom is 0.294 e. The quantitative estimate of drug-likeness (QED) is 0.0832. The maximum absolute atomic E-state index is 14.6. The van der Waals surface area contributed by atoms with Crippen molar-refractivity contribution in [2.24, 2.45) is 139 Å². The van der Waals surface area contributed by atoms with Crippen LogP contribution in [0.2, 0.25) is 5.28 Å². The van der Waals surface area contributed by atoms with E-state index in [2.05, 4.69) is 404 Å². The van der Waals surface area contributed by atoms with Crippen molar-refractivity contribution in [1.82, 2.24) is 57.3 Å². The Morgan fingerprint density at radius 2 is 0.564 bits per heavy atom. The highest BCUT2D eigenvalue weighted by Gasteiger charge is 2.53. The van der Waals surface area contributed by atoms with Crippen molar-refractivity contribution in [2.45, 2.75) is 246 Å². The second kappa shape index (κ2) is 40.2. The van der Waals surface area contributed by atoms with E-state index in [0.717, 1.165) is 102 Å². The number of fused-ring (bicyclic) bond motifs is 6. The molecule has 6 aliphatic carbocycles. The highest BCUT2D eigenvalue weighted by molar-refractivity contribution is 14.1. The number of anilines is 1. The Morgan fingerprint density at radius 1 is 0.331 bits per heavy atom. The number of aromatic nitrogens is 12. The molecule has 0 radical (unpaired) electrons. The van der Waals surface area contributed by atoms with E-state index in [4.69, 9.17) is 27.3 Å². The molecular weight excluding hydrogens is 1840 g/mol. The van der Waals surface area contributed by atoms with E-state index in [0.29, 0.717) is 124 Å². The smallest absolute Gasteiger partial charge is 0.294 e. The minimum absolute atomic E-state index is 0.0432. The van der Waals surface area contributed by atoms with Gasteiger partial charge in [0.1, 0.15) is 6.07 Å². The van der Waals surface area contributed by atoms with Gasteiger partial charge < -0.3 is 5.73 Å². The van der Waals surface area contributed by atoms with Crippen LogP contribution in [0.25, 0.3) is 100 Å².